The van der Waals surface area contributed by atoms with Gasteiger partial charge in [-0.1, -0.05) is 30.3 Å². The summed E-state index contributed by atoms with van der Waals surface area (Å²) in [5.74, 6) is 0.603. The van der Waals surface area contributed by atoms with Crippen molar-refractivity contribution < 1.29 is 19.1 Å². The molecular formula is C20H24N2O4. The standard InChI is InChI=1S/C20H24N2O4/c23-20(21-26-15-14-25-19-4-2-1-3-5-19)16-17-6-8-18(9-7-17)22-10-12-24-13-11-22/h1-9H,10-16H2,(H,21,23). The Morgan fingerprint density at radius 1 is 1.00 bits per heavy atom. The van der Waals surface area contributed by atoms with Crippen LogP contribution in [0.4, 0.5) is 5.69 Å². The number of hydrogen-bond acceptors (Lipinski definition) is 5. The normalized spacial score (nSPS) is 14.1. The smallest absolute Gasteiger partial charge is 0.247 e. The third-order valence-corrected chi connectivity index (χ3v) is 4.06. The Hall–Kier alpha value is -2.57. The van der Waals surface area contributed by atoms with Crippen LogP contribution < -0.4 is 15.1 Å². The lowest BCUT2D eigenvalue weighted by atomic mass is 10.1. The molecule has 1 fully saturated rings. The molecule has 0 atom stereocenters. The van der Waals surface area contributed by atoms with Gasteiger partial charge in [-0.25, -0.2) is 5.48 Å². The molecule has 1 aliphatic rings. The van der Waals surface area contributed by atoms with Crippen LogP contribution in [0.5, 0.6) is 5.75 Å². The lowest BCUT2D eigenvalue weighted by Gasteiger charge is -2.28. The van der Waals surface area contributed by atoms with Gasteiger partial charge < -0.3 is 14.4 Å². The molecule has 6 heteroatoms. The zero-order valence-corrected chi connectivity index (χ0v) is 14.7. The van der Waals surface area contributed by atoms with Crippen molar-refractivity contribution in [1.82, 2.24) is 5.48 Å². The van der Waals surface area contributed by atoms with Crippen molar-refractivity contribution in [2.75, 3.05) is 44.4 Å². The predicted octanol–water partition coefficient (Wildman–Crippen LogP) is 2.19. The predicted molar refractivity (Wildman–Crippen MR) is 99.2 cm³/mol. The number of nitrogens with one attached hydrogen (secondary N) is 1. The van der Waals surface area contributed by atoms with E-state index in [1.807, 2.05) is 54.6 Å². The van der Waals surface area contributed by atoms with Gasteiger partial charge in [-0.15, -0.1) is 0 Å². The van der Waals surface area contributed by atoms with Gasteiger partial charge in [0.2, 0.25) is 5.91 Å². The number of rotatable bonds is 8. The minimum Gasteiger partial charge on any atom is -0.491 e. The first-order valence-corrected chi connectivity index (χ1v) is 8.81. The van der Waals surface area contributed by atoms with Crippen molar-refractivity contribution in [3.05, 3.63) is 60.2 Å². The fourth-order valence-electron chi connectivity index (χ4n) is 2.72. The van der Waals surface area contributed by atoms with Crippen LogP contribution in [0.1, 0.15) is 5.56 Å². The molecule has 0 aliphatic carbocycles. The lowest BCUT2D eigenvalue weighted by molar-refractivity contribution is -0.133. The van der Waals surface area contributed by atoms with E-state index in [1.165, 1.54) is 0 Å². The molecule has 0 bridgehead atoms. The van der Waals surface area contributed by atoms with Gasteiger partial charge in [0, 0.05) is 18.8 Å². The summed E-state index contributed by atoms with van der Waals surface area (Å²) in [6.45, 7) is 3.98. The van der Waals surface area contributed by atoms with Crippen molar-refractivity contribution in [2.45, 2.75) is 6.42 Å². The zero-order chi connectivity index (χ0) is 18.0. The average Bonchev–Trinajstić information content (AvgIpc) is 2.70. The highest BCUT2D eigenvalue weighted by atomic mass is 16.7. The van der Waals surface area contributed by atoms with E-state index >= 15 is 0 Å². The molecule has 1 heterocycles. The first kappa shape index (κ1) is 18.2. The molecule has 26 heavy (non-hydrogen) atoms. The molecule has 1 N–H and O–H groups in total. The number of carbonyl (C=O) groups excluding carboxylic acids is 1. The molecule has 1 saturated heterocycles. The Bertz CT molecular complexity index is 670. The van der Waals surface area contributed by atoms with E-state index in [0.717, 1.165) is 43.3 Å². The molecule has 1 aliphatic heterocycles. The van der Waals surface area contributed by atoms with Crippen LogP contribution in [0.15, 0.2) is 54.6 Å². The van der Waals surface area contributed by atoms with Crippen molar-refractivity contribution in [1.29, 1.82) is 0 Å². The summed E-state index contributed by atoms with van der Waals surface area (Å²) in [6, 6.07) is 17.5. The number of hydroxylamine groups is 1. The third-order valence-electron chi connectivity index (χ3n) is 4.06. The van der Waals surface area contributed by atoms with Gasteiger partial charge in [-0.3, -0.25) is 9.63 Å². The van der Waals surface area contributed by atoms with E-state index in [1.54, 1.807) is 0 Å². The number of amides is 1. The molecule has 0 aromatic heterocycles. The fourth-order valence-corrected chi connectivity index (χ4v) is 2.72. The highest BCUT2D eigenvalue weighted by Gasteiger charge is 2.11. The Kier molecular flexibility index (Phi) is 6.87. The van der Waals surface area contributed by atoms with Gasteiger partial charge in [0.15, 0.2) is 0 Å². The summed E-state index contributed by atoms with van der Waals surface area (Å²) < 4.78 is 10.8. The van der Waals surface area contributed by atoms with Crippen LogP contribution in [-0.2, 0) is 20.8 Å². The van der Waals surface area contributed by atoms with E-state index in [4.69, 9.17) is 14.3 Å². The van der Waals surface area contributed by atoms with E-state index in [2.05, 4.69) is 10.4 Å². The molecule has 138 valence electrons. The Labute approximate surface area is 153 Å². The maximum absolute atomic E-state index is 11.9. The molecule has 3 rings (SSSR count). The van der Waals surface area contributed by atoms with Crippen LogP contribution >= 0.6 is 0 Å². The number of anilines is 1. The van der Waals surface area contributed by atoms with Crippen molar-refractivity contribution in [3.8, 4) is 5.75 Å². The highest BCUT2D eigenvalue weighted by molar-refractivity contribution is 5.77. The van der Waals surface area contributed by atoms with Crippen LogP contribution in [0, 0.1) is 0 Å². The summed E-state index contributed by atoms with van der Waals surface area (Å²) in [5, 5.41) is 0. The number of carbonyl (C=O) groups is 1. The van der Waals surface area contributed by atoms with Gasteiger partial charge in [0.1, 0.15) is 19.0 Å². The van der Waals surface area contributed by atoms with Crippen LogP contribution in [0.25, 0.3) is 0 Å². The van der Waals surface area contributed by atoms with Crippen LogP contribution in [0.3, 0.4) is 0 Å². The fraction of sp³-hybridized carbons (Fsp3) is 0.350. The Morgan fingerprint density at radius 3 is 2.46 bits per heavy atom. The van der Waals surface area contributed by atoms with Gasteiger partial charge in [-0.2, -0.15) is 0 Å². The molecule has 1 amide bonds. The number of hydrogen-bond donors (Lipinski definition) is 1. The largest absolute Gasteiger partial charge is 0.491 e. The van der Waals surface area contributed by atoms with Crippen molar-refractivity contribution in [3.63, 3.8) is 0 Å². The average molecular weight is 356 g/mol. The molecule has 0 radical (unpaired) electrons. The summed E-state index contributed by atoms with van der Waals surface area (Å²) in [6.07, 6.45) is 0.281. The summed E-state index contributed by atoms with van der Waals surface area (Å²) in [5.41, 5.74) is 4.56. The number of benzene rings is 2. The van der Waals surface area contributed by atoms with Crippen molar-refractivity contribution in [2.24, 2.45) is 0 Å². The monoisotopic (exact) mass is 356 g/mol. The van der Waals surface area contributed by atoms with Gasteiger partial charge >= 0.3 is 0 Å². The SMILES string of the molecule is O=C(Cc1ccc(N2CCOCC2)cc1)NOCCOc1ccccc1. The summed E-state index contributed by atoms with van der Waals surface area (Å²) >= 11 is 0. The van der Waals surface area contributed by atoms with E-state index in [0.29, 0.717) is 6.61 Å². The second kappa shape index (κ2) is 9.79. The minimum absolute atomic E-state index is 0.177. The topological polar surface area (TPSA) is 60.0 Å². The third kappa shape index (κ3) is 5.75. The number of ether oxygens (including phenoxy) is 2. The second-order valence-electron chi connectivity index (χ2n) is 5.98. The molecule has 6 nitrogen and oxygen atoms in total. The number of para-hydroxylation sites is 1. The first-order chi connectivity index (χ1) is 12.8. The van der Waals surface area contributed by atoms with E-state index in [-0.39, 0.29) is 18.9 Å². The molecule has 2 aromatic carbocycles. The van der Waals surface area contributed by atoms with E-state index < -0.39 is 0 Å². The maximum Gasteiger partial charge on any atom is 0.247 e. The number of nitrogens with zero attached hydrogens (tertiary/aromatic N) is 1. The van der Waals surface area contributed by atoms with E-state index in [9.17, 15) is 4.79 Å². The van der Waals surface area contributed by atoms with Gasteiger partial charge in [-0.05, 0) is 29.8 Å². The quantitative estimate of drug-likeness (QED) is 0.580. The summed E-state index contributed by atoms with van der Waals surface area (Å²) in [7, 11) is 0. The lowest BCUT2D eigenvalue weighted by Crippen LogP contribution is -2.36. The van der Waals surface area contributed by atoms with Crippen LogP contribution in [0.2, 0.25) is 0 Å². The van der Waals surface area contributed by atoms with Crippen LogP contribution in [-0.4, -0.2) is 45.4 Å². The Balaban J connectivity index is 1.34. The molecular weight excluding hydrogens is 332 g/mol. The molecule has 0 spiro atoms. The van der Waals surface area contributed by atoms with Crippen molar-refractivity contribution >= 4 is 11.6 Å². The number of morpholine rings is 1. The minimum atomic E-state index is -0.177. The molecule has 0 saturated carbocycles. The maximum atomic E-state index is 11.9. The molecule has 2 aromatic rings. The second-order valence-corrected chi connectivity index (χ2v) is 5.98. The summed E-state index contributed by atoms with van der Waals surface area (Å²) in [4.78, 5) is 19.4. The molecule has 0 unspecified atom stereocenters. The highest BCUT2D eigenvalue weighted by Crippen LogP contribution is 2.16. The van der Waals surface area contributed by atoms with Gasteiger partial charge in [0.05, 0.1) is 19.6 Å². The zero-order valence-electron chi connectivity index (χ0n) is 14.7. The Morgan fingerprint density at radius 2 is 1.73 bits per heavy atom. The van der Waals surface area contributed by atoms with Gasteiger partial charge in [0.25, 0.3) is 0 Å². The first-order valence-electron chi connectivity index (χ1n) is 8.81.